The molecule has 1 aliphatic heterocycles. The van der Waals surface area contributed by atoms with Crippen molar-refractivity contribution in [1.82, 2.24) is 10.2 Å². The molecule has 3 amide bonds. The van der Waals surface area contributed by atoms with E-state index in [9.17, 15) is 9.59 Å². The molecule has 2 aromatic carbocycles. The molecule has 0 bridgehead atoms. The van der Waals surface area contributed by atoms with Gasteiger partial charge in [-0.15, -0.1) is 0 Å². The van der Waals surface area contributed by atoms with Crippen molar-refractivity contribution in [3.63, 3.8) is 0 Å². The van der Waals surface area contributed by atoms with Crippen molar-refractivity contribution in [1.29, 1.82) is 0 Å². The first kappa shape index (κ1) is 17.2. The maximum absolute atomic E-state index is 13.2. The van der Waals surface area contributed by atoms with Crippen LogP contribution in [-0.2, 0) is 23.3 Å². The molecule has 1 fully saturated rings. The number of imide groups is 1. The number of hydrogen-bond donors (Lipinski definition) is 1. The van der Waals surface area contributed by atoms with Crippen LogP contribution in [0.1, 0.15) is 23.1 Å². The summed E-state index contributed by atoms with van der Waals surface area (Å²) in [4.78, 5) is 27.0. The largest absolute Gasteiger partial charge is 0.497 e. The number of nitrogens with one attached hydrogen (secondary N) is 1. The number of rotatable bonds is 3. The van der Waals surface area contributed by atoms with Crippen molar-refractivity contribution >= 4 is 35.1 Å². The normalized spacial score (nSPS) is 21.3. The van der Waals surface area contributed by atoms with E-state index in [0.29, 0.717) is 27.8 Å². The van der Waals surface area contributed by atoms with Gasteiger partial charge in [0, 0.05) is 10.0 Å². The number of amides is 3. The molecule has 0 radical (unpaired) electrons. The number of ether oxygens (including phenoxy) is 1. The van der Waals surface area contributed by atoms with Gasteiger partial charge in [-0.05, 0) is 53.8 Å². The Kier molecular flexibility index (Phi) is 4.09. The second-order valence-electron chi connectivity index (χ2n) is 6.49. The van der Waals surface area contributed by atoms with E-state index in [1.165, 1.54) is 4.90 Å². The number of benzene rings is 2. The third-order valence-electron chi connectivity index (χ3n) is 5.07. The molecular formula is C19H16Cl2N2O3. The molecule has 7 heteroatoms. The molecular weight excluding hydrogens is 375 g/mol. The highest BCUT2D eigenvalue weighted by molar-refractivity contribution is 6.35. The molecule has 4 rings (SSSR count). The Balaban J connectivity index is 1.69. The Labute approximate surface area is 160 Å². The molecule has 1 atom stereocenters. The summed E-state index contributed by atoms with van der Waals surface area (Å²) in [6.45, 7) is 0.0989. The van der Waals surface area contributed by atoms with Gasteiger partial charge in [0.2, 0.25) is 0 Å². The van der Waals surface area contributed by atoms with Crippen LogP contribution in [0.25, 0.3) is 0 Å². The van der Waals surface area contributed by atoms with Gasteiger partial charge in [0.05, 0.1) is 13.7 Å². The van der Waals surface area contributed by atoms with Gasteiger partial charge in [-0.2, -0.15) is 0 Å². The summed E-state index contributed by atoms with van der Waals surface area (Å²) in [5, 5.41) is 3.83. The molecule has 1 aliphatic carbocycles. The van der Waals surface area contributed by atoms with Gasteiger partial charge >= 0.3 is 6.03 Å². The van der Waals surface area contributed by atoms with Crippen molar-refractivity contribution < 1.29 is 14.3 Å². The number of methoxy groups -OCH3 is 1. The number of fused-ring (bicyclic) bond motifs is 2. The van der Waals surface area contributed by atoms with E-state index in [1.54, 1.807) is 25.3 Å². The van der Waals surface area contributed by atoms with Gasteiger partial charge in [0.1, 0.15) is 11.3 Å². The Morgan fingerprint density at radius 2 is 2.00 bits per heavy atom. The first-order valence-electron chi connectivity index (χ1n) is 8.20. The minimum atomic E-state index is -1.03. The van der Waals surface area contributed by atoms with E-state index in [-0.39, 0.29) is 12.5 Å². The van der Waals surface area contributed by atoms with Crippen molar-refractivity contribution in [3.05, 3.63) is 63.1 Å². The zero-order chi connectivity index (χ0) is 18.5. The first-order chi connectivity index (χ1) is 12.4. The van der Waals surface area contributed by atoms with Crippen LogP contribution in [-0.4, -0.2) is 23.9 Å². The van der Waals surface area contributed by atoms with Crippen LogP contribution in [0.15, 0.2) is 36.4 Å². The zero-order valence-electron chi connectivity index (χ0n) is 14.0. The summed E-state index contributed by atoms with van der Waals surface area (Å²) in [7, 11) is 1.58. The second kappa shape index (κ2) is 6.18. The number of carbonyl (C=O) groups excluding carboxylic acids is 2. The molecule has 1 heterocycles. The van der Waals surface area contributed by atoms with E-state index in [0.717, 1.165) is 17.5 Å². The maximum Gasteiger partial charge on any atom is 0.325 e. The molecule has 26 heavy (non-hydrogen) atoms. The highest BCUT2D eigenvalue weighted by Gasteiger charge is 2.55. The third-order valence-corrected chi connectivity index (χ3v) is 5.65. The highest BCUT2D eigenvalue weighted by Crippen LogP contribution is 2.43. The van der Waals surface area contributed by atoms with Crippen molar-refractivity contribution in [2.45, 2.75) is 24.9 Å². The summed E-state index contributed by atoms with van der Waals surface area (Å²) in [5.74, 6) is 0.395. The van der Waals surface area contributed by atoms with Crippen LogP contribution in [0.2, 0.25) is 10.0 Å². The van der Waals surface area contributed by atoms with Gasteiger partial charge in [-0.25, -0.2) is 4.79 Å². The fraction of sp³-hybridized carbons (Fsp3) is 0.263. The number of carbonyl (C=O) groups is 2. The molecule has 2 aromatic rings. The van der Waals surface area contributed by atoms with Gasteiger partial charge in [-0.3, -0.25) is 9.69 Å². The molecule has 1 N–H and O–H groups in total. The molecule has 0 aromatic heterocycles. The summed E-state index contributed by atoms with van der Waals surface area (Å²) in [5.41, 5.74) is 1.49. The van der Waals surface area contributed by atoms with Crippen molar-refractivity contribution in [3.8, 4) is 5.75 Å². The monoisotopic (exact) mass is 390 g/mol. The molecule has 2 aliphatic rings. The van der Waals surface area contributed by atoms with E-state index in [2.05, 4.69) is 5.32 Å². The van der Waals surface area contributed by atoms with Crippen molar-refractivity contribution in [2.24, 2.45) is 0 Å². The van der Waals surface area contributed by atoms with Crippen LogP contribution in [0.5, 0.6) is 5.75 Å². The van der Waals surface area contributed by atoms with E-state index < -0.39 is 11.6 Å². The number of urea groups is 1. The zero-order valence-corrected chi connectivity index (χ0v) is 15.5. The third kappa shape index (κ3) is 2.54. The van der Waals surface area contributed by atoms with Gasteiger partial charge < -0.3 is 10.1 Å². The lowest BCUT2D eigenvalue weighted by molar-refractivity contribution is -0.132. The highest BCUT2D eigenvalue weighted by atomic mass is 35.5. The number of aryl methyl sites for hydroxylation is 1. The number of halogens is 2. The first-order valence-corrected chi connectivity index (χ1v) is 8.95. The molecule has 134 valence electrons. The Morgan fingerprint density at radius 3 is 2.73 bits per heavy atom. The minimum absolute atomic E-state index is 0.0989. The number of nitrogens with zero attached hydrogens (tertiary/aromatic N) is 1. The van der Waals surface area contributed by atoms with Crippen LogP contribution >= 0.6 is 23.2 Å². The predicted octanol–water partition coefficient (Wildman–Crippen LogP) is 3.90. The second-order valence-corrected chi connectivity index (χ2v) is 7.33. The number of hydrogen-bond acceptors (Lipinski definition) is 3. The van der Waals surface area contributed by atoms with Crippen molar-refractivity contribution in [2.75, 3.05) is 7.11 Å². The summed E-state index contributed by atoms with van der Waals surface area (Å²) >= 11 is 12.1. The van der Waals surface area contributed by atoms with E-state index >= 15 is 0 Å². The van der Waals surface area contributed by atoms with Crippen LogP contribution in [0.3, 0.4) is 0 Å². The summed E-state index contributed by atoms with van der Waals surface area (Å²) in [6.07, 6.45) is 1.26. The molecule has 0 saturated carbocycles. The fourth-order valence-electron chi connectivity index (χ4n) is 3.70. The Morgan fingerprint density at radius 1 is 1.19 bits per heavy atom. The fourth-order valence-corrected chi connectivity index (χ4v) is 4.16. The SMILES string of the molecule is COc1ccc2c(c1)C1(CC2)NC(=O)N(Cc2ccc(Cl)cc2Cl)C1=O. The van der Waals surface area contributed by atoms with E-state index in [4.69, 9.17) is 27.9 Å². The molecule has 1 spiro atoms. The van der Waals surface area contributed by atoms with Gasteiger partial charge in [0.15, 0.2) is 0 Å². The van der Waals surface area contributed by atoms with Gasteiger partial charge in [0.25, 0.3) is 5.91 Å². The van der Waals surface area contributed by atoms with Crippen LogP contribution in [0.4, 0.5) is 4.79 Å². The molecule has 1 saturated heterocycles. The maximum atomic E-state index is 13.2. The lowest BCUT2D eigenvalue weighted by Crippen LogP contribution is -2.41. The topological polar surface area (TPSA) is 58.6 Å². The average Bonchev–Trinajstić information content (AvgIpc) is 3.10. The molecule has 1 unspecified atom stereocenters. The van der Waals surface area contributed by atoms with E-state index in [1.807, 2.05) is 18.2 Å². The van der Waals surface area contributed by atoms with Crippen LogP contribution < -0.4 is 10.1 Å². The van der Waals surface area contributed by atoms with Crippen LogP contribution in [0, 0.1) is 0 Å². The average molecular weight is 391 g/mol. The van der Waals surface area contributed by atoms with Gasteiger partial charge in [-0.1, -0.05) is 35.3 Å². The molecule has 5 nitrogen and oxygen atoms in total. The smallest absolute Gasteiger partial charge is 0.325 e. The summed E-state index contributed by atoms with van der Waals surface area (Å²) in [6, 6.07) is 10.2. The summed E-state index contributed by atoms with van der Waals surface area (Å²) < 4.78 is 5.29. The standard InChI is InChI=1S/C19H16Cl2N2O3/c1-26-14-5-3-11-6-7-19(15(11)9-14)17(24)23(18(25)22-19)10-12-2-4-13(20)8-16(12)21/h2-5,8-9H,6-7,10H2,1H3,(H,22,25). The Hall–Kier alpha value is -2.24. The Bertz CT molecular complexity index is 931. The predicted molar refractivity (Wildman–Crippen MR) is 98.5 cm³/mol. The lowest BCUT2D eigenvalue weighted by Gasteiger charge is -2.23. The quantitative estimate of drug-likeness (QED) is 0.808. The minimum Gasteiger partial charge on any atom is -0.497 e. The lowest BCUT2D eigenvalue weighted by atomic mass is 9.91.